The molecule has 2 rings (SSSR count). The van der Waals surface area contributed by atoms with Gasteiger partial charge in [0.2, 0.25) is 5.91 Å². The Morgan fingerprint density at radius 3 is 2.71 bits per heavy atom. The molecule has 1 aliphatic carbocycles. The van der Waals surface area contributed by atoms with Gasteiger partial charge in [-0.1, -0.05) is 19.3 Å². The summed E-state index contributed by atoms with van der Waals surface area (Å²) in [5, 5.41) is 8.92. The van der Waals surface area contributed by atoms with Crippen molar-refractivity contribution < 1.29 is 4.79 Å². The summed E-state index contributed by atoms with van der Waals surface area (Å²) in [5.74, 6) is 1.19. The Bertz CT molecular complexity index is 317. The quantitative estimate of drug-likeness (QED) is 0.798. The van der Waals surface area contributed by atoms with E-state index in [2.05, 4.69) is 11.0 Å². The SMILES string of the molecule is N#C[C]1CC(C(N)=O)N(CC2CCCCC2)C1. The Hall–Kier alpha value is -1.08. The molecule has 1 saturated carbocycles. The summed E-state index contributed by atoms with van der Waals surface area (Å²) in [5.41, 5.74) is 5.41. The smallest absolute Gasteiger partial charge is 0.234 e. The second kappa shape index (κ2) is 5.50. The van der Waals surface area contributed by atoms with Crippen molar-refractivity contribution in [2.75, 3.05) is 13.1 Å². The molecule has 2 aliphatic rings. The fraction of sp³-hybridized carbons (Fsp3) is 0.769. The predicted octanol–water partition coefficient (Wildman–Crippen LogP) is 1.22. The van der Waals surface area contributed by atoms with E-state index < -0.39 is 0 Å². The molecule has 0 aromatic carbocycles. The van der Waals surface area contributed by atoms with Crippen LogP contribution in [0.2, 0.25) is 0 Å². The van der Waals surface area contributed by atoms with E-state index >= 15 is 0 Å². The lowest BCUT2D eigenvalue weighted by Crippen LogP contribution is -2.42. The Labute approximate surface area is 103 Å². The largest absolute Gasteiger partial charge is 0.368 e. The van der Waals surface area contributed by atoms with Gasteiger partial charge in [0, 0.05) is 13.1 Å². The molecule has 17 heavy (non-hydrogen) atoms. The van der Waals surface area contributed by atoms with Crippen molar-refractivity contribution >= 4 is 5.91 Å². The summed E-state index contributed by atoms with van der Waals surface area (Å²) >= 11 is 0. The summed E-state index contributed by atoms with van der Waals surface area (Å²) in [6, 6.07) is 1.94. The van der Waals surface area contributed by atoms with Gasteiger partial charge in [0.15, 0.2) is 0 Å². The number of likely N-dealkylation sites (tertiary alicyclic amines) is 1. The third-order valence-corrected chi connectivity index (χ3v) is 3.98. The number of hydrogen-bond donors (Lipinski definition) is 1. The highest BCUT2D eigenvalue weighted by Gasteiger charge is 2.37. The first-order chi connectivity index (χ1) is 8.20. The summed E-state index contributed by atoms with van der Waals surface area (Å²) in [4.78, 5) is 13.5. The lowest BCUT2D eigenvalue weighted by Gasteiger charge is -2.29. The first-order valence-electron chi connectivity index (χ1n) is 6.49. The highest BCUT2D eigenvalue weighted by molar-refractivity contribution is 5.80. The molecule has 4 nitrogen and oxygen atoms in total. The highest BCUT2D eigenvalue weighted by Crippen LogP contribution is 2.29. The number of nitrogens with zero attached hydrogens (tertiary/aromatic N) is 2. The van der Waals surface area contributed by atoms with Crippen molar-refractivity contribution in [2.45, 2.75) is 44.6 Å². The monoisotopic (exact) mass is 234 g/mol. The van der Waals surface area contributed by atoms with Crippen molar-refractivity contribution in [2.24, 2.45) is 11.7 Å². The molecule has 1 radical (unpaired) electrons. The van der Waals surface area contributed by atoms with E-state index in [0.29, 0.717) is 18.9 Å². The second-order valence-corrected chi connectivity index (χ2v) is 5.27. The zero-order valence-electron chi connectivity index (χ0n) is 10.2. The fourth-order valence-electron chi connectivity index (χ4n) is 3.04. The van der Waals surface area contributed by atoms with Crippen LogP contribution in [0.4, 0.5) is 0 Å². The van der Waals surface area contributed by atoms with Gasteiger partial charge in [0.25, 0.3) is 0 Å². The maximum absolute atomic E-state index is 11.4. The first kappa shape index (κ1) is 12.4. The molecule has 2 N–H and O–H groups in total. The van der Waals surface area contributed by atoms with E-state index in [1.54, 1.807) is 0 Å². The van der Waals surface area contributed by atoms with E-state index in [1.807, 2.05) is 0 Å². The van der Waals surface area contributed by atoms with Gasteiger partial charge in [-0.15, -0.1) is 0 Å². The molecule has 1 atom stereocenters. The highest BCUT2D eigenvalue weighted by atomic mass is 16.1. The molecule has 1 heterocycles. The molecule has 4 heteroatoms. The van der Waals surface area contributed by atoms with Gasteiger partial charge in [-0.3, -0.25) is 9.69 Å². The molecule has 0 aromatic rings. The Kier molecular flexibility index (Phi) is 4.01. The van der Waals surface area contributed by atoms with E-state index in [4.69, 9.17) is 11.0 Å². The van der Waals surface area contributed by atoms with Gasteiger partial charge >= 0.3 is 0 Å². The third-order valence-electron chi connectivity index (χ3n) is 3.98. The zero-order valence-corrected chi connectivity index (χ0v) is 10.2. The van der Waals surface area contributed by atoms with Crippen LogP contribution in [0.3, 0.4) is 0 Å². The summed E-state index contributed by atoms with van der Waals surface area (Å²) in [7, 11) is 0. The molecule has 93 valence electrons. The molecule has 1 amide bonds. The lowest BCUT2D eigenvalue weighted by molar-refractivity contribution is -0.122. The maximum atomic E-state index is 11.4. The van der Waals surface area contributed by atoms with Gasteiger partial charge in [0.1, 0.15) is 0 Å². The van der Waals surface area contributed by atoms with Crippen LogP contribution in [-0.4, -0.2) is 29.9 Å². The third kappa shape index (κ3) is 2.98. The minimum Gasteiger partial charge on any atom is -0.368 e. The lowest BCUT2D eigenvalue weighted by atomic mass is 9.89. The van der Waals surface area contributed by atoms with E-state index in [9.17, 15) is 4.79 Å². The summed E-state index contributed by atoms with van der Waals surface area (Å²) < 4.78 is 0. The Morgan fingerprint density at radius 2 is 2.12 bits per heavy atom. The number of rotatable bonds is 3. The molecule has 0 spiro atoms. The number of primary amides is 1. The number of nitrogens with two attached hydrogens (primary N) is 1. The number of carbonyl (C=O) groups excluding carboxylic acids is 1. The van der Waals surface area contributed by atoms with Crippen molar-refractivity contribution in [1.82, 2.24) is 4.90 Å². The molecule has 0 aromatic heterocycles. The second-order valence-electron chi connectivity index (χ2n) is 5.27. The molecule has 0 bridgehead atoms. The normalized spacial score (nSPS) is 28.1. The summed E-state index contributed by atoms with van der Waals surface area (Å²) in [6.07, 6.45) is 6.99. The molecular formula is C13H20N3O. The van der Waals surface area contributed by atoms with E-state index in [0.717, 1.165) is 12.5 Å². The molecule has 1 saturated heterocycles. The first-order valence-corrected chi connectivity index (χ1v) is 6.49. The van der Waals surface area contributed by atoms with Gasteiger partial charge in [-0.05, 0) is 25.2 Å². The topological polar surface area (TPSA) is 70.1 Å². The minimum atomic E-state index is -0.286. The Balaban J connectivity index is 1.93. The number of amides is 1. The molecular weight excluding hydrogens is 214 g/mol. The van der Waals surface area contributed by atoms with Crippen molar-refractivity contribution in [3.05, 3.63) is 5.92 Å². The van der Waals surface area contributed by atoms with Crippen LogP contribution < -0.4 is 5.73 Å². The van der Waals surface area contributed by atoms with Crippen molar-refractivity contribution in [1.29, 1.82) is 5.26 Å². The van der Waals surface area contributed by atoms with Crippen LogP contribution in [0.25, 0.3) is 0 Å². The van der Waals surface area contributed by atoms with Crippen molar-refractivity contribution in [3.8, 4) is 6.07 Å². The minimum absolute atomic E-state index is 0.244. The van der Waals surface area contributed by atoms with Gasteiger partial charge < -0.3 is 5.73 Å². The van der Waals surface area contributed by atoms with Crippen LogP contribution in [0.15, 0.2) is 0 Å². The average Bonchev–Trinajstić information content (AvgIpc) is 2.74. The zero-order chi connectivity index (χ0) is 12.3. The number of carbonyl (C=O) groups is 1. The van der Waals surface area contributed by atoms with Crippen LogP contribution >= 0.6 is 0 Å². The predicted molar refractivity (Wildman–Crippen MR) is 64.6 cm³/mol. The number of nitriles is 1. The van der Waals surface area contributed by atoms with Crippen LogP contribution in [0.1, 0.15) is 38.5 Å². The van der Waals surface area contributed by atoms with Crippen LogP contribution in [0, 0.1) is 23.2 Å². The van der Waals surface area contributed by atoms with Crippen LogP contribution in [-0.2, 0) is 4.79 Å². The fourth-order valence-corrected chi connectivity index (χ4v) is 3.04. The van der Waals surface area contributed by atoms with Crippen molar-refractivity contribution in [3.63, 3.8) is 0 Å². The van der Waals surface area contributed by atoms with E-state index in [1.165, 1.54) is 32.1 Å². The molecule has 1 aliphatic heterocycles. The van der Waals surface area contributed by atoms with Gasteiger partial charge in [0.05, 0.1) is 18.0 Å². The van der Waals surface area contributed by atoms with Gasteiger partial charge in [-0.25, -0.2) is 0 Å². The maximum Gasteiger partial charge on any atom is 0.234 e. The Morgan fingerprint density at radius 1 is 1.41 bits per heavy atom. The van der Waals surface area contributed by atoms with E-state index in [-0.39, 0.29) is 11.9 Å². The van der Waals surface area contributed by atoms with Crippen LogP contribution in [0.5, 0.6) is 0 Å². The molecule has 1 unspecified atom stereocenters. The van der Waals surface area contributed by atoms with Gasteiger partial charge in [-0.2, -0.15) is 5.26 Å². The number of hydrogen-bond acceptors (Lipinski definition) is 3. The standard InChI is InChI=1S/C13H20N3O/c14-7-11-6-12(13(15)17)16(9-11)8-10-4-2-1-3-5-10/h10,12H,1-6,8-9H2,(H2,15,17). The summed E-state index contributed by atoms with van der Waals surface area (Å²) in [6.45, 7) is 1.57. The molecule has 2 fully saturated rings. The average molecular weight is 234 g/mol.